The van der Waals surface area contributed by atoms with Gasteiger partial charge in [0.05, 0.1) is 45.0 Å². The molecule has 1 aliphatic rings. The number of carbonyl (C=O) groups is 1. The Kier molecular flexibility index (Phi) is 10.6. The van der Waals surface area contributed by atoms with Gasteiger partial charge in [0, 0.05) is 50.6 Å². The molecule has 3 N–H and O–H groups in total. The molecule has 340 valence electrons. The molecule has 0 saturated heterocycles. The Hall–Kier alpha value is -7.69. The van der Waals surface area contributed by atoms with Gasteiger partial charge in [-0.3, -0.25) is 9.36 Å². The summed E-state index contributed by atoms with van der Waals surface area (Å²) in [5.74, 6) is -1.30. The second-order valence-corrected chi connectivity index (χ2v) is 15.5. The summed E-state index contributed by atoms with van der Waals surface area (Å²) in [7, 11) is 0. The van der Waals surface area contributed by atoms with Crippen molar-refractivity contribution in [3.8, 4) is 0 Å². The first-order valence-corrected chi connectivity index (χ1v) is 20.1. The highest BCUT2D eigenvalue weighted by Crippen LogP contribution is 2.51. The predicted octanol–water partition coefficient (Wildman–Crippen LogP) is 10.5. The van der Waals surface area contributed by atoms with E-state index in [9.17, 15) is 4.79 Å². The van der Waals surface area contributed by atoms with Crippen molar-refractivity contribution in [3.05, 3.63) is 234 Å². The fourth-order valence-corrected chi connectivity index (χ4v) is 8.86. The Morgan fingerprint density at radius 3 is 0.866 bits per heavy atom. The smallest absolute Gasteiger partial charge is 0.354 e. The minimum absolute atomic E-state index is 0.0967. The third-order valence-electron chi connectivity index (χ3n) is 11.3. The highest BCUT2D eigenvalue weighted by Gasteiger charge is 2.53. The third-order valence-corrected chi connectivity index (χ3v) is 11.3. The molecule has 0 spiro atoms. The number of aromatic amines is 3. The average molecular weight is 931 g/mol. The van der Waals surface area contributed by atoms with Crippen molar-refractivity contribution in [2.45, 2.75) is 31.6 Å². The van der Waals surface area contributed by atoms with Crippen LogP contribution in [0.25, 0.3) is 22.3 Å². The summed E-state index contributed by atoms with van der Waals surface area (Å²) in [4.78, 5) is 22.2. The number of rotatable bonds is 4. The van der Waals surface area contributed by atoms with Gasteiger partial charge in [-0.2, -0.15) is 52.7 Å². The number of hydrogen-bond donors (Lipinski definition) is 3. The number of halogens is 12. The van der Waals surface area contributed by atoms with E-state index in [-0.39, 0.29) is 33.0 Å². The van der Waals surface area contributed by atoms with Gasteiger partial charge in [0.15, 0.2) is 0 Å². The Bertz CT molecular complexity index is 3240. The van der Waals surface area contributed by atoms with Crippen molar-refractivity contribution >= 4 is 28.2 Å². The molecule has 4 aromatic heterocycles. The van der Waals surface area contributed by atoms with Crippen molar-refractivity contribution in [1.29, 1.82) is 0 Å². The fraction of sp³-hybridized carbons (Fsp3) is 0.100. The van der Waals surface area contributed by atoms with E-state index in [2.05, 4.69) is 15.0 Å². The average Bonchev–Trinajstić information content (AvgIpc) is 4.08. The minimum Gasteiger partial charge on any atom is -0.354 e. The Morgan fingerprint density at radius 1 is 0.358 bits per heavy atom. The van der Waals surface area contributed by atoms with Crippen molar-refractivity contribution in [1.82, 2.24) is 19.5 Å². The van der Waals surface area contributed by atoms with Crippen LogP contribution in [-0.2, 0) is 24.7 Å². The van der Waals surface area contributed by atoms with Crippen molar-refractivity contribution in [3.63, 3.8) is 0 Å². The van der Waals surface area contributed by atoms with Crippen LogP contribution in [0.4, 0.5) is 52.7 Å². The molecule has 17 heteroatoms. The van der Waals surface area contributed by atoms with Gasteiger partial charge in [-0.05, 0) is 46.5 Å². The van der Waals surface area contributed by atoms with Gasteiger partial charge in [-0.25, -0.2) is 0 Å². The second-order valence-electron chi connectivity index (χ2n) is 15.5. The number of hydrogen-bond acceptors (Lipinski definition) is 1. The normalized spacial score (nSPS) is 16.9. The number of aromatic nitrogens is 4. The van der Waals surface area contributed by atoms with E-state index in [4.69, 9.17) is 0 Å². The maximum atomic E-state index is 16.0. The number of nitrogens with zero attached hydrogens (tertiary/aromatic N) is 1. The van der Waals surface area contributed by atoms with E-state index in [1.54, 1.807) is 0 Å². The number of H-pyrrole nitrogens is 3. The molecule has 9 rings (SSSR count). The van der Waals surface area contributed by atoms with Crippen LogP contribution in [0.2, 0.25) is 0 Å². The molecule has 8 bridgehead atoms. The van der Waals surface area contributed by atoms with Gasteiger partial charge in [-0.1, -0.05) is 121 Å². The third kappa shape index (κ3) is 7.76. The molecule has 0 unspecified atom stereocenters. The molecule has 5 nitrogen and oxygen atoms in total. The van der Waals surface area contributed by atoms with Crippen LogP contribution in [0.1, 0.15) is 79.0 Å². The molecule has 0 atom stereocenters. The van der Waals surface area contributed by atoms with E-state index >= 15 is 52.7 Å². The molecule has 8 aromatic rings. The second kappa shape index (κ2) is 16.0. The Morgan fingerprint density at radius 2 is 0.612 bits per heavy atom. The molecule has 1 aliphatic heterocycles. The first kappa shape index (κ1) is 44.5. The molecular formula is C50H30F12N4O. The lowest BCUT2D eigenvalue weighted by molar-refractivity contribution is -0.161. The molecule has 5 heterocycles. The van der Waals surface area contributed by atoms with E-state index in [1.807, 2.05) is 0 Å². The number of nitrogens with one attached hydrogen (secondary N) is 3. The zero-order valence-corrected chi connectivity index (χ0v) is 34.2. The van der Waals surface area contributed by atoms with Crippen LogP contribution in [0, 0.1) is 0 Å². The molecule has 4 aromatic carbocycles. The Balaban J connectivity index is 1.69. The Labute approximate surface area is 370 Å². The highest BCUT2D eigenvalue weighted by atomic mass is 19.4. The van der Waals surface area contributed by atoms with E-state index in [0.717, 1.165) is 31.2 Å². The van der Waals surface area contributed by atoms with Gasteiger partial charge in [0.1, 0.15) is 0 Å². The van der Waals surface area contributed by atoms with E-state index in [1.165, 1.54) is 121 Å². The minimum atomic E-state index is -5.84. The standard InChI is InChI=1S/C50H30F12N4O/c1-26(67)66-45-37(29-18-10-4-11-19-29)33-24-22-31(63-33)35(27-14-6-2-7-15-27)43-39(47(51,52)53)40(48(54,55)56)44(65-43)36(28-16-8-3-9-17-28)32-23-25-34(64-32)38(30-20-12-5-13-21-30)46(66)42(50(60,61)62)41(45)49(57,58)59/h2-25,63-65H,1H3/b35-31-,36-32-,37-33-,38-34-,43-35?,44-36?,45-37?,46-38?. The summed E-state index contributed by atoms with van der Waals surface area (Å²) in [5, 5.41) is -1.66. The predicted molar refractivity (Wildman–Crippen MR) is 224 cm³/mol. The van der Waals surface area contributed by atoms with Gasteiger partial charge in [-0.15, -0.1) is 0 Å². The maximum Gasteiger partial charge on any atom is 0.419 e. The van der Waals surface area contributed by atoms with Crippen LogP contribution in [-0.4, -0.2) is 25.4 Å². The summed E-state index contributed by atoms with van der Waals surface area (Å²) in [5.41, 5.74) is -16.4. The van der Waals surface area contributed by atoms with Gasteiger partial charge >= 0.3 is 24.7 Å². The summed E-state index contributed by atoms with van der Waals surface area (Å²) < 4.78 is 190. The number of benzene rings is 4. The van der Waals surface area contributed by atoms with Crippen LogP contribution in [0.5, 0.6) is 0 Å². The van der Waals surface area contributed by atoms with Crippen LogP contribution in [0.15, 0.2) is 146 Å². The summed E-state index contributed by atoms with van der Waals surface area (Å²) in [6.07, 6.45) is -23.1. The lowest BCUT2D eigenvalue weighted by Gasteiger charge is -2.17. The molecule has 0 fully saturated rings. The topological polar surface area (TPSA) is 69.4 Å². The van der Waals surface area contributed by atoms with Gasteiger partial charge < -0.3 is 15.0 Å². The maximum absolute atomic E-state index is 16.0. The fourth-order valence-electron chi connectivity index (χ4n) is 8.86. The molecule has 0 amide bonds. The molecule has 0 aliphatic carbocycles. The van der Waals surface area contributed by atoms with Crippen LogP contribution in [0.3, 0.4) is 0 Å². The lowest BCUT2D eigenvalue weighted by Crippen LogP contribution is -2.24. The first-order valence-electron chi connectivity index (χ1n) is 20.1. The summed E-state index contributed by atoms with van der Waals surface area (Å²) >= 11 is 0. The highest BCUT2D eigenvalue weighted by molar-refractivity contribution is 5.95. The number of fused-ring (bicyclic) bond motifs is 8. The van der Waals surface area contributed by atoms with E-state index in [0.29, 0.717) is 4.57 Å². The van der Waals surface area contributed by atoms with Gasteiger partial charge in [0.2, 0.25) is 5.91 Å². The van der Waals surface area contributed by atoms with Gasteiger partial charge in [0.25, 0.3) is 0 Å². The molecule has 0 saturated carbocycles. The largest absolute Gasteiger partial charge is 0.419 e. The summed E-state index contributed by atoms with van der Waals surface area (Å²) in [6, 6.07) is 31.5. The zero-order valence-electron chi connectivity index (χ0n) is 34.2. The van der Waals surface area contributed by atoms with E-state index < -0.39 is 109 Å². The van der Waals surface area contributed by atoms with Crippen molar-refractivity contribution < 1.29 is 57.5 Å². The SMILES string of the molecule is CC(=O)n1c2c(C(F)(F)F)c(C(F)(F)F)c1/C(c1ccccc1)=c1/cc/c([nH]1)=C(\c1ccccc1)c1[nH]c(c(C(F)(F)F)c1C(F)(F)F)/C(c1ccccc1)=c1/cc/c([nH]1)=C/2c1ccccc1. The monoisotopic (exact) mass is 930 g/mol. The number of alkyl halides is 12. The van der Waals surface area contributed by atoms with Crippen LogP contribution >= 0.6 is 0 Å². The van der Waals surface area contributed by atoms with Crippen molar-refractivity contribution in [2.24, 2.45) is 0 Å². The van der Waals surface area contributed by atoms with Crippen molar-refractivity contribution in [2.75, 3.05) is 0 Å². The first-order chi connectivity index (χ1) is 31.7. The van der Waals surface area contributed by atoms with Crippen LogP contribution < -0.4 is 21.4 Å². The molecule has 0 radical (unpaired) electrons. The zero-order chi connectivity index (χ0) is 47.8. The number of carbonyl (C=O) groups excluding carboxylic acids is 1. The quantitative estimate of drug-likeness (QED) is 0.151. The lowest BCUT2D eigenvalue weighted by atomic mass is 9.94. The molecular weight excluding hydrogens is 901 g/mol. The molecule has 67 heavy (non-hydrogen) atoms. The summed E-state index contributed by atoms with van der Waals surface area (Å²) in [6.45, 7) is 0.777.